The van der Waals surface area contributed by atoms with Gasteiger partial charge in [0, 0.05) is 36.3 Å². The van der Waals surface area contributed by atoms with Crippen molar-refractivity contribution >= 4 is 44.0 Å². The van der Waals surface area contributed by atoms with Gasteiger partial charge in [-0.15, -0.1) is 11.3 Å². The first kappa shape index (κ1) is 26.4. The Bertz CT molecular complexity index is 1570. The van der Waals surface area contributed by atoms with E-state index < -0.39 is 15.9 Å². The van der Waals surface area contributed by atoms with Crippen molar-refractivity contribution in [1.29, 1.82) is 0 Å². The molecule has 0 unspecified atom stereocenters. The summed E-state index contributed by atoms with van der Waals surface area (Å²) in [6.45, 7) is 4.90. The Balaban J connectivity index is 1.53. The number of ether oxygens (including phenoxy) is 2. The number of methoxy groups -OCH3 is 1. The van der Waals surface area contributed by atoms with Crippen molar-refractivity contribution in [3.05, 3.63) is 53.0 Å². The number of rotatable bonds is 10. The predicted octanol–water partition coefficient (Wildman–Crippen LogP) is 3.82. The molecular weight excluding hydrogens is 521 g/mol. The summed E-state index contributed by atoms with van der Waals surface area (Å²) < 4.78 is 52.4. The second-order valence-corrected chi connectivity index (χ2v) is 10.9. The van der Waals surface area contributed by atoms with E-state index in [-0.39, 0.29) is 16.4 Å². The third kappa shape index (κ3) is 5.83. The molecule has 0 aliphatic heterocycles. The smallest absolute Gasteiger partial charge is 0.278 e. The second-order valence-electron chi connectivity index (χ2n) is 8.10. The summed E-state index contributed by atoms with van der Waals surface area (Å²) in [7, 11) is -2.18. The summed E-state index contributed by atoms with van der Waals surface area (Å²) in [4.78, 5) is 21.7. The molecule has 4 rings (SSSR count). The predicted molar refractivity (Wildman–Crippen MR) is 140 cm³/mol. The van der Waals surface area contributed by atoms with Gasteiger partial charge < -0.3 is 19.4 Å². The molecule has 1 aromatic carbocycles. The molecule has 2 N–H and O–H groups in total. The van der Waals surface area contributed by atoms with Crippen LogP contribution >= 0.6 is 11.3 Å². The van der Waals surface area contributed by atoms with Crippen LogP contribution in [0, 0.1) is 12.7 Å². The van der Waals surface area contributed by atoms with Gasteiger partial charge in [0.15, 0.2) is 0 Å². The van der Waals surface area contributed by atoms with Crippen LogP contribution in [-0.2, 0) is 16.6 Å². The minimum atomic E-state index is -3.73. The zero-order chi connectivity index (χ0) is 26.7. The van der Waals surface area contributed by atoms with E-state index in [0.29, 0.717) is 52.7 Å². The highest BCUT2D eigenvalue weighted by molar-refractivity contribution is 7.89. The number of halogens is 1. The third-order valence-electron chi connectivity index (χ3n) is 5.44. The molecule has 37 heavy (non-hydrogen) atoms. The fraction of sp³-hybridized carbons (Fsp3) is 0.292. The van der Waals surface area contributed by atoms with Crippen LogP contribution in [0.3, 0.4) is 0 Å². The molecule has 10 nitrogen and oxygen atoms in total. The Morgan fingerprint density at radius 2 is 1.97 bits per heavy atom. The number of hydrogen-bond acceptors (Lipinski definition) is 9. The van der Waals surface area contributed by atoms with Gasteiger partial charge >= 0.3 is 0 Å². The molecule has 0 saturated heterocycles. The zero-order valence-corrected chi connectivity index (χ0v) is 22.3. The van der Waals surface area contributed by atoms with Crippen molar-refractivity contribution in [1.82, 2.24) is 19.3 Å². The van der Waals surface area contributed by atoms with Gasteiger partial charge in [-0.25, -0.2) is 27.5 Å². The lowest BCUT2D eigenvalue weighted by Gasteiger charge is -2.11. The van der Waals surface area contributed by atoms with E-state index in [9.17, 15) is 17.6 Å². The molecule has 0 bridgehead atoms. The van der Waals surface area contributed by atoms with E-state index in [1.54, 1.807) is 32.2 Å². The Kier molecular flexibility index (Phi) is 7.64. The van der Waals surface area contributed by atoms with Crippen molar-refractivity contribution < 1.29 is 27.1 Å². The number of hydrogen-bond donors (Lipinski definition) is 2. The highest BCUT2D eigenvalue weighted by Gasteiger charge is 2.22. The van der Waals surface area contributed by atoms with Gasteiger partial charge in [-0.3, -0.25) is 4.79 Å². The second kappa shape index (κ2) is 10.7. The summed E-state index contributed by atoms with van der Waals surface area (Å²) in [6.07, 6.45) is 2.29. The number of aromatic nitrogens is 3. The summed E-state index contributed by atoms with van der Waals surface area (Å²) >= 11 is 1.06. The van der Waals surface area contributed by atoms with Crippen molar-refractivity contribution in [2.24, 2.45) is 0 Å². The van der Waals surface area contributed by atoms with Gasteiger partial charge in [0.1, 0.15) is 34.3 Å². The van der Waals surface area contributed by atoms with Crippen LogP contribution in [0.5, 0.6) is 11.5 Å². The van der Waals surface area contributed by atoms with Crippen molar-refractivity contribution in [3.63, 3.8) is 0 Å². The standard InChI is InChI=1S/C24H26FN5O5S2/c1-5-35-19-12-20(36-23(19)24(31)29-37(4,32)33)17-11-21(28-13-27-17)26-8-9-30-14(2)10-15-18(34-3)7-6-16(25)22(15)30/h6-7,10-13H,5,8-9H2,1-4H3,(H,29,31)(H,26,27,28). The number of carbonyl (C=O) groups is 1. The molecule has 4 aromatic rings. The van der Waals surface area contributed by atoms with E-state index >= 15 is 0 Å². The van der Waals surface area contributed by atoms with E-state index in [2.05, 4.69) is 15.3 Å². The SMILES string of the molecule is CCOc1cc(-c2cc(NCCn3c(C)cc4c(OC)ccc(F)c43)ncn2)sc1C(=O)NS(C)(=O)=O. The number of anilines is 1. The summed E-state index contributed by atoms with van der Waals surface area (Å²) in [5, 5.41) is 3.93. The molecule has 0 spiro atoms. The van der Waals surface area contributed by atoms with Crippen LogP contribution in [0.25, 0.3) is 21.5 Å². The summed E-state index contributed by atoms with van der Waals surface area (Å²) in [5.41, 5.74) is 1.90. The van der Waals surface area contributed by atoms with Gasteiger partial charge in [-0.2, -0.15) is 0 Å². The van der Waals surface area contributed by atoms with E-state index in [1.165, 1.54) is 12.4 Å². The molecule has 3 aromatic heterocycles. The zero-order valence-electron chi connectivity index (χ0n) is 20.7. The molecule has 13 heteroatoms. The summed E-state index contributed by atoms with van der Waals surface area (Å²) in [6, 6.07) is 8.25. The quantitative estimate of drug-likeness (QED) is 0.307. The minimum Gasteiger partial charge on any atom is -0.496 e. The van der Waals surface area contributed by atoms with Crippen LogP contribution in [-0.4, -0.2) is 55.4 Å². The largest absolute Gasteiger partial charge is 0.496 e. The van der Waals surface area contributed by atoms with E-state index in [1.807, 2.05) is 22.3 Å². The normalized spacial score (nSPS) is 11.5. The van der Waals surface area contributed by atoms with Gasteiger partial charge in [-0.05, 0) is 32.0 Å². The van der Waals surface area contributed by atoms with Crippen LogP contribution in [0.4, 0.5) is 10.2 Å². The van der Waals surface area contributed by atoms with E-state index in [0.717, 1.165) is 23.3 Å². The number of benzene rings is 1. The molecular formula is C24H26FN5O5S2. The molecule has 0 atom stereocenters. The third-order valence-corrected chi connectivity index (χ3v) is 7.13. The van der Waals surface area contributed by atoms with Crippen molar-refractivity contribution in [2.45, 2.75) is 20.4 Å². The number of thiophene rings is 1. The first-order chi connectivity index (χ1) is 17.6. The molecule has 0 saturated carbocycles. The Morgan fingerprint density at radius 1 is 1.19 bits per heavy atom. The first-order valence-electron chi connectivity index (χ1n) is 11.3. The lowest BCUT2D eigenvalue weighted by Crippen LogP contribution is -2.28. The number of carbonyl (C=O) groups excluding carboxylic acids is 1. The topological polar surface area (TPSA) is 124 Å². The number of nitrogens with zero attached hydrogens (tertiary/aromatic N) is 3. The fourth-order valence-corrected chi connectivity index (χ4v) is 5.39. The van der Waals surface area contributed by atoms with Gasteiger partial charge in [0.25, 0.3) is 5.91 Å². The molecule has 3 heterocycles. The molecule has 0 fully saturated rings. The van der Waals surface area contributed by atoms with Gasteiger partial charge in [0.2, 0.25) is 10.0 Å². The average Bonchev–Trinajstić information content (AvgIpc) is 3.41. The molecule has 1 amide bonds. The number of nitrogens with one attached hydrogen (secondary N) is 2. The molecule has 0 radical (unpaired) electrons. The lowest BCUT2D eigenvalue weighted by atomic mass is 10.2. The van der Waals surface area contributed by atoms with Crippen molar-refractivity contribution in [3.8, 4) is 22.1 Å². The Morgan fingerprint density at radius 3 is 2.68 bits per heavy atom. The van der Waals surface area contributed by atoms with Crippen LogP contribution < -0.4 is 19.5 Å². The number of fused-ring (bicyclic) bond motifs is 1. The van der Waals surface area contributed by atoms with Crippen molar-refractivity contribution in [2.75, 3.05) is 31.8 Å². The maximum absolute atomic E-state index is 14.6. The maximum atomic E-state index is 14.6. The average molecular weight is 548 g/mol. The Hall–Kier alpha value is -3.71. The number of sulfonamides is 1. The molecule has 0 aliphatic rings. The number of amides is 1. The maximum Gasteiger partial charge on any atom is 0.278 e. The Labute approximate surface area is 217 Å². The van der Waals surface area contributed by atoms with Crippen LogP contribution in [0.2, 0.25) is 0 Å². The fourth-order valence-electron chi connectivity index (χ4n) is 3.93. The van der Waals surface area contributed by atoms with Gasteiger partial charge in [0.05, 0.1) is 36.1 Å². The summed E-state index contributed by atoms with van der Waals surface area (Å²) in [5.74, 6) is 0.313. The van der Waals surface area contributed by atoms with Crippen LogP contribution in [0.15, 0.2) is 36.7 Å². The number of aryl methyl sites for hydroxylation is 1. The van der Waals surface area contributed by atoms with E-state index in [4.69, 9.17) is 9.47 Å². The first-order valence-corrected chi connectivity index (χ1v) is 14.0. The van der Waals surface area contributed by atoms with Gasteiger partial charge in [-0.1, -0.05) is 0 Å². The molecule has 0 aliphatic carbocycles. The lowest BCUT2D eigenvalue weighted by molar-refractivity contribution is 0.0982. The highest BCUT2D eigenvalue weighted by Crippen LogP contribution is 2.36. The minimum absolute atomic E-state index is 0.128. The highest BCUT2D eigenvalue weighted by atomic mass is 32.2. The monoisotopic (exact) mass is 547 g/mol. The van der Waals surface area contributed by atoms with Crippen LogP contribution in [0.1, 0.15) is 22.3 Å². The molecule has 196 valence electrons.